The summed E-state index contributed by atoms with van der Waals surface area (Å²) in [4.78, 5) is 26.4. The predicted molar refractivity (Wildman–Crippen MR) is 132 cm³/mol. The fourth-order valence-electron chi connectivity index (χ4n) is 3.90. The van der Waals surface area contributed by atoms with Gasteiger partial charge in [-0.15, -0.1) is 0 Å². The highest BCUT2D eigenvalue weighted by atomic mass is 16.5. The molecule has 0 unspecified atom stereocenters. The van der Waals surface area contributed by atoms with Crippen molar-refractivity contribution < 1.29 is 14.3 Å². The molecule has 33 heavy (non-hydrogen) atoms. The van der Waals surface area contributed by atoms with Gasteiger partial charge in [-0.1, -0.05) is 60.2 Å². The van der Waals surface area contributed by atoms with Gasteiger partial charge in [0.1, 0.15) is 11.5 Å². The van der Waals surface area contributed by atoms with Crippen LogP contribution in [0.25, 0.3) is 11.1 Å². The monoisotopic (exact) mass is 444 g/mol. The van der Waals surface area contributed by atoms with Gasteiger partial charge < -0.3 is 15.0 Å². The average Bonchev–Trinajstić information content (AvgIpc) is 2.81. The smallest absolute Gasteiger partial charge is 0.317 e. The van der Waals surface area contributed by atoms with Gasteiger partial charge in [-0.2, -0.15) is 0 Å². The van der Waals surface area contributed by atoms with E-state index >= 15 is 0 Å². The third-order valence-electron chi connectivity index (χ3n) is 5.58. The number of nitrogens with one attached hydrogen (secondary N) is 1. The van der Waals surface area contributed by atoms with Crippen LogP contribution in [0.4, 0.5) is 4.79 Å². The highest BCUT2D eigenvalue weighted by molar-refractivity contribution is 5.81. The molecular formula is C28H32N2O3. The predicted octanol–water partition coefficient (Wildman–Crippen LogP) is 5.53. The van der Waals surface area contributed by atoms with E-state index in [4.69, 9.17) is 4.74 Å². The summed E-state index contributed by atoms with van der Waals surface area (Å²) in [5.41, 5.74) is 6.07. The highest BCUT2D eigenvalue weighted by Gasteiger charge is 2.17. The summed E-state index contributed by atoms with van der Waals surface area (Å²) in [6.45, 7) is 7.14. The first-order valence-electron chi connectivity index (χ1n) is 11.2. The number of hydrogen-bond donors (Lipinski definition) is 1. The Morgan fingerprint density at radius 1 is 0.939 bits per heavy atom. The summed E-state index contributed by atoms with van der Waals surface area (Å²) in [7, 11) is 1.65. The molecule has 3 rings (SSSR count). The maximum absolute atomic E-state index is 12.9. The number of ether oxygens (including phenoxy) is 1. The van der Waals surface area contributed by atoms with Crippen molar-refractivity contribution in [2.45, 2.75) is 40.3 Å². The van der Waals surface area contributed by atoms with Crippen LogP contribution in [-0.4, -0.2) is 30.4 Å². The van der Waals surface area contributed by atoms with E-state index in [1.165, 1.54) is 0 Å². The van der Waals surface area contributed by atoms with E-state index < -0.39 is 0 Å². The molecule has 0 saturated carbocycles. The third-order valence-corrected chi connectivity index (χ3v) is 5.58. The van der Waals surface area contributed by atoms with Crippen LogP contribution in [0.15, 0.2) is 66.7 Å². The fourth-order valence-corrected chi connectivity index (χ4v) is 3.90. The Kier molecular flexibility index (Phi) is 8.25. The van der Waals surface area contributed by atoms with E-state index in [1.807, 2.05) is 62.4 Å². The Labute approximate surface area is 196 Å². The van der Waals surface area contributed by atoms with Crippen LogP contribution in [0.1, 0.15) is 36.1 Å². The van der Waals surface area contributed by atoms with Gasteiger partial charge in [0.2, 0.25) is 0 Å². The maximum Gasteiger partial charge on any atom is 0.317 e. The van der Waals surface area contributed by atoms with Crippen molar-refractivity contribution in [3.05, 3.63) is 89.0 Å². The van der Waals surface area contributed by atoms with Crippen molar-refractivity contribution in [1.29, 1.82) is 0 Å². The summed E-state index contributed by atoms with van der Waals surface area (Å²) in [6, 6.07) is 21.8. The van der Waals surface area contributed by atoms with E-state index in [0.29, 0.717) is 26.1 Å². The maximum atomic E-state index is 12.9. The topological polar surface area (TPSA) is 58.6 Å². The average molecular weight is 445 g/mol. The minimum Gasteiger partial charge on any atom is -0.496 e. The molecule has 0 fully saturated rings. The van der Waals surface area contributed by atoms with Crippen LogP contribution in [0.2, 0.25) is 0 Å². The molecule has 3 aromatic rings. The first-order valence-corrected chi connectivity index (χ1v) is 11.2. The second-order valence-corrected chi connectivity index (χ2v) is 8.23. The van der Waals surface area contributed by atoms with E-state index in [-0.39, 0.29) is 11.8 Å². The number of ketones is 1. The zero-order valence-electron chi connectivity index (χ0n) is 19.9. The SMILES string of the molecule is CCN(Cc1cc(C)ccc1-c1cc(CC(C)=O)ccc1OC)C(=O)NCc1ccccc1. The van der Waals surface area contributed by atoms with Gasteiger partial charge in [0.25, 0.3) is 0 Å². The molecule has 0 aliphatic heterocycles. The summed E-state index contributed by atoms with van der Waals surface area (Å²) in [6.07, 6.45) is 0.376. The molecule has 1 N–H and O–H groups in total. The first-order chi connectivity index (χ1) is 15.9. The molecule has 0 saturated heterocycles. The number of methoxy groups -OCH3 is 1. The quantitative estimate of drug-likeness (QED) is 0.472. The van der Waals surface area contributed by atoms with Crippen LogP contribution in [0.3, 0.4) is 0 Å². The van der Waals surface area contributed by atoms with Crippen molar-refractivity contribution >= 4 is 11.8 Å². The molecule has 0 bridgehead atoms. The fraction of sp³-hybridized carbons (Fsp3) is 0.286. The van der Waals surface area contributed by atoms with Crippen LogP contribution in [0, 0.1) is 6.92 Å². The normalized spacial score (nSPS) is 10.5. The van der Waals surface area contributed by atoms with Gasteiger partial charge in [-0.25, -0.2) is 4.79 Å². The number of urea groups is 1. The van der Waals surface area contributed by atoms with Crippen LogP contribution in [0.5, 0.6) is 5.75 Å². The lowest BCUT2D eigenvalue weighted by molar-refractivity contribution is -0.116. The number of aryl methyl sites for hydroxylation is 1. The van der Waals surface area contributed by atoms with Crippen LogP contribution in [-0.2, 0) is 24.3 Å². The Morgan fingerprint density at radius 3 is 2.36 bits per heavy atom. The molecule has 5 nitrogen and oxygen atoms in total. The van der Waals surface area contributed by atoms with Crippen molar-refractivity contribution in [3.63, 3.8) is 0 Å². The van der Waals surface area contributed by atoms with Crippen molar-refractivity contribution in [2.75, 3.05) is 13.7 Å². The van der Waals surface area contributed by atoms with E-state index in [2.05, 4.69) is 23.5 Å². The Hall–Kier alpha value is -3.60. The van der Waals surface area contributed by atoms with Gasteiger partial charge in [0.05, 0.1) is 7.11 Å². The largest absolute Gasteiger partial charge is 0.496 e. The number of amides is 2. The summed E-state index contributed by atoms with van der Waals surface area (Å²) < 4.78 is 5.63. The van der Waals surface area contributed by atoms with Crippen molar-refractivity contribution in [2.24, 2.45) is 0 Å². The molecule has 0 aromatic heterocycles. The molecule has 0 radical (unpaired) electrons. The minimum absolute atomic E-state index is 0.105. The molecule has 0 heterocycles. The second-order valence-electron chi connectivity index (χ2n) is 8.23. The Bertz CT molecular complexity index is 1110. The highest BCUT2D eigenvalue weighted by Crippen LogP contribution is 2.34. The second kappa shape index (κ2) is 11.3. The molecule has 2 amide bonds. The van der Waals surface area contributed by atoms with E-state index in [1.54, 1.807) is 18.9 Å². The first kappa shape index (κ1) is 24.1. The van der Waals surface area contributed by atoms with Crippen molar-refractivity contribution in [1.82, 2.24) is 10.2 Å². The number of carbonyl (C=O) groups excluding carboxylic acids is 2. The zero-order chi connectivity index (χ0) is 23.8. The van der Waals surface area contributed by atoms with Gasteiger partial charge in [-0.05, 0) is 55.2 Å². The molecule has 0 aliphatic rings. The molecule has 0 atom stereocenters. The number of nitrogens with zero attached hydrogens (tertiary/aromatic N) is 1. The molecule has 172 valence electrons. The summed E-state index contributed by atoms with van der Waals surface area (Å²) in [5, 5.41) is 3.02. The summed E-state index contributed by atoms with van der Waals surface area (Å²) >= 11 is 0. The molecule has 3 aromatic carbocycles. The molecule has 5 heteroatoms. The van der Waals surface area contributed by atoms with E-state index in [9.17, 15) is 9.59 Å². The lowest BCUT2D eigenvalue weighted by Gasteiger charge is -2.24. The van der Waals surface area contributed by atoms with E-state index in [0.717, 1.165) is 39.1 Å². The minimum atomic E-state index is -0.105. The Balaban J connectivity index is 1.89. The van der Waals surface area contributed by atoms with Gasteiger partial charge in [0, 0.05) is 31.6 Å². The lowest BCUT2D eigenvalue weighted by Crippen LogP contribution is -2.39. The molecule has 0 spiro atoms. The van der Waals surface area contributed by atoms with Crippen molar-refractivity contribution in [3.8, 4) is 16.9 Å². The number of benzene rings is 3. The Morgan fingerprint density at radius 2 is 1.70 bits per heavy atom. The number of rotatable bonds is 9. The number of Topliss-reactive ketones (excluding diaryl/α,β-unsaturated/α-hetero) is 1. The molecule has 0 aliphatic carbocycles. The molecular weight excluding hydrogens is 412 g/mol. The van der Waals surface area contributed by atoms with Gasteiger partial charge in [0.15, 0.2) is 0 Å². The van der Waals surface area contributed by atoms with Crippen LogP contribution < -0.4 is 10.1 Å². The number of carbonyl (C=O) groups is 2. The lowest BCUT2D eigenvalue weighted by atomic mass is 9.94. The van der Waals surface area contributed by atoms with Gasteiger partial charge >= 0.3 is 6.03 Å². The van der Waals surface area contributed by atoms with Crippen LogP contribution >= 0.6 is 0 Å². The zero-order valence-corrected chi connectivity index (χ0v) is 19.9. The third kappa shape index (κ3) is 6.45. The summed E-state index contributed by atoms with van der Waals surface area (Å²) in [5.74, 6) is 0.853. The number of hydrogen-bond acceptors (Lipinski definition) is 3. The van der Waals surface area contributed by atoms with Gasteiger partial charge in [-0.3, -0.25) is 4.79 Å². The standard InChI is InChI=1S/C28H32N2O3/c1-5-30(28(32)29-18-22-9-7-6-8-10-22)19-24-15-20(2)11-13-25(24)26-17-23(16-21(3)31)12-14-27(26)33-4/h6-15,17H,5,16,18-19H2,1-4H3,(H,29,32).